The van der Waals surface area contributed by atoms with Gasteiger partial charge in [0.2, 0.25) is 0 Å². The molecule has 4 rings (SSSR count). The fourth-order valence-electron chi connectivity index (χ4n) is 2.84. The van der Waals surface area contributed by atoms with Crippen molar-refractivity contribution in [2.24, 2.45) is 0 Å². The Balaban J connectivity index is 1.53. The molecule has 0 aliphatic carbocycles. The van der Waals surface area contributed by atoms with E-state index in [0.29, 0.717) is 13.2 Å². The van der Waals surface area contributed by atoms with E-state index >= 15 is 0 Å². The molecule has 4 aromatic rings. The summed E-state index contributed by atoms with van der Waals surface area (Å²) in [5.74, 6) is 0.860. The van der Waals surface area contributed by atoms with Gasteiger partial charge in [-0.1, -0.05) is 41.6 Å². The smallest absolute Gasteiger partial charge is 0.119 e. The summed E-state index contributed by atoms with van der Waals surface area (Å²) >= 11 is 0. The molecular weight excluding hydrogens is 312 g/mol. The third-order valence-corrected chi connectivity index (χ3v) is 4.12. The molecule has 0 fully saturated rings. The van der Waals surface area contributed by atoms with Gasteiger partial charge in [0.15, 0.2) is 0 Å². The Morgan fingerprint density at radius 2 is 1.88 bits per heavy atom. The summed E-state index contributed by atoms with van der Waals surface area (Å²) in [6, 6.07) is 17.9. The second kappa shape index (κ2) is 6.73. The van der Waals surface area contributed by atoms with Crippen LogP contribution < -0.4 is 4.74 Å². The Morgan fingerprint density at radius 1 is 1.00 bits per heavy atom. The maximum absolute atomic E-state index is 5.71. The van der Waals surface area contributed by atoms with Crippen molar-refractivity contribution >= 4 is 10.9 Å². The van der Waals surface area contributed by atoms with Gasteiger partial charge >= 0.3 is 0 Å². The van der Waals surface area contributed by atoms with Crippen LogP contribution in [-0.2, 0) is 6.54 Å². The van der Waals surface area contributed by atoms with Crippen LogP contribution in [0.25, 0.3) is 22.2 Å². The maximum Gasteiger partial charge on any atom is 0.119 e. The molecule has 5 heteroatoms. The summed E-state index contributed by atoms with van der Waals surface area (Å²) in [6.45, 7) is 3.25. The van der Waals surface area contributed by atoms with Crippen molar-refractivity contribution in [3.63, 3.8) is 0 Å². The van der Waals surface area contributed by atoms with Crippen molar-refractivity contribution in [3.05, 3.63) is 72.6 Å². The summed E-state index contributed by atoms with van der Waals surface area (Å²) < 4.78 is 7.52. The zero-order chi connectivity index (χ0) is 17.1. The molecule has 25 heavy (non-hydrogen) atoms. The molecule has 0 aliphatic heterocycles. The van der Waals surface area contributed by atoms with Crippen LogP contribution in [0, 0.1) is 6.92 Å². The van der Waals surface area contributed by atoms with E-state index in [0.717, 1.165) is 33.5 Å². The molecule has 0 atom stereocenters. The Labute approximate surface area is 145 Å². The van der Waals surface area contributed by atoms with Gasteiger partial charge < -0.3 is 4.74 Å². The lowest BCUT2D eigenvalue weighted by molar-refractivity contribution is 0.289. The third-order valence-electron chi connectivity index (χ3n) is 4.12. The Kier molecular flexibility index (Phi) is 4.12. The minimum atomic E-state index is 0.545. The first-order chi connectivity index (χ1) is 12.3. The zero-order valence-electron chi connectivity index (χ0n) is 14.0. The van der Waals surface area contributed by atoms with Crippen molar-refractivity contribution in [3.8, 4) is 17.0 Å². The van der Waals surface area contributed by atoms with Gasteiger partial charge in [-0.15, -0.1) is 5.10 Å². The maximum atomic E-state index is 5.71. The van der Waals surface area contributed by atoms with E-state index in [1.807, 2.05) is 48.8 Å². The highest BCUT2D eigenvalue weighted by atomic mass is 16.5. The van der Waals surface area contributed by atoms with Crippen LogP contribution in [0.3, 0.4) is 0 Å². The molecule has 5 nitrogen and oxygen atoms in total. The SMILES string of the molecule is Cc1ccc(-c2cn(CCOc3ccccc3)nn2)c2cccnc12. The quantitative estimate of drug-likeness (QED) is 0.557. The molecule has 0 saturated carbocycles. The monoisotopic (exact) mass is 330 g/mol. The summed E-state index contributed by atoms with van der Waals surface area (Å²) in [4.78, 5) is 4.48. The normalized spacial score (nSPS) is 10.9. The average Bonchev–Trinajstić information content (AvgIpc) is 3.12. The molecule has 124 valence electrons. The van der Waals surface area contributed by atoms with E-state index in [9.17, 15) is 0 Å². The fourth-order valence-corrected chi connectivity index (χ4v) is 2.84. The first-order valence-corrected chi connectivity index (χ1v) is 8.24. The van der Waals surface area contributed by atoms with Crippen LogP contribution in [0.15, 0.2) is 67.0 Å². The highest BCUT2D eigenvalue weighted by Crippen LogP contribution is 2.27. The lowest BCUT2D eigenvalue weighted by atomic mass is 10.0. The van der Waals surface area contributed by atoms with Crippen molar-refractivity contribution < 1.29 is 4.74 Å². The topological polar surface area (TPSA) is 52.8 Å². The van der Waals surface area contributed by atoms with Gasteiger partial charge in [0, 0.05) is 17.1 Å². The average molecular weight is 330 g/mol. The van der Waals surface area contributed by atoms with E-state index in [-0.39, 0.29) is 0 Å². The first-order valence-electron chi connectivity index (χ1n) is 8.24. The predicted molar refractivity (Wildman–Crippen MR) is 97.4 cm³/mol. The molecule has 2 heterocycles. The second-order valence-electron chi connectivity index (χ2n) is 5.86. The van der Waals surface area contributed by atoms with Crippen molar-refractivity contribution in [2.45, 2.75) is 13.5 Å². The summed E-state index contributed by atoms with van der Waals surface area (Å²) in [6.07, 6.45) is 3.77. The fraction of sp³-hybridized carbons (Fsp3) is 0.150. The van der Waals surface area contributed by atoms with E-state index in [2.05, 4.69) is 40.4 Å². The number of rotatable bonds is 5. The van der Waals surface area contributed by atoms with Crippen LogP contribution in [0.5, 0.6) is 5.75 Å². The van der Waals surface area contributed by atoms with Gasteiger partial charge in [-0.3, -0.25) is 4.98 Å². The van der Waals surface area contributed by atoms with Crippen LogP contribution in [0.4, 0.5) is 0 Å². The summed E-state index contributed by atoms with van der Waals surface area (Å²) in [5.41, 5.74) is 4.05. The predicted octanol–water partition coefficient (Wildman–Crippen LogP) is 3.88. The third kappa shape index (κ3) is 3.21. The van der Waals surface area contributed by atoms with Crippen molar-refractivity contribution in [1.82, 2.24) is 20.0 Å². The number of nitrogens with zero attached hydrogens (tertiary/aromatic N) is 4. The lowest BCUT2D eigenvalue weighted by Crippen LogP contribution is -2.08. The van der Waals surface area contributed by atoms with E-state index in [1.54, 1.807) is 4.68 Å². The van der Waals surface area contributed by atoms with Crippen LogP contribution >= 0.6 is 0 Å². The molecule has 0 amide bonds. The second-order valence-corrected chi connectivity index (χ2v) is 5.86. The van der Waals surface area contributed by atoms with Gasteiger partial charge in [0.1, 0.15) is 18.1 Å². The highest BCUT2D eigenvalue weighted by molar-refractivity contribution is 5.95. The van der Waals surface area contributed by atoms with E-state index in [4.69, 9.17) is 4.74 Å². The number of para-hydroxylation sites is 1. The standard InChI is InChI=1S/C20H18N4O/c1-15-9-10-17(18-8-5-11-21-20(15)18)19-14-24(23-22-19)12-13-25-16-6-3-2-4-7-16/h2-11,14H,12-13H2,1H3. The molecule has 0 spiro atoms. The molecule has 2 aromatic carbocycles. The van der Waals surface area contributed by atoms with Crippen molar-refractivity contribution in [1.29, 1.82) is 0 Å². The van der Waals surface area contributed by atoms with Gasteiger partial charge in [-0.05, 0) is 30.7 Å². The molecule has 0 saturated heterocycles. The molecule has 0 N–H and O–H groups in total. The largest absolute Gasteiger partial charge is 0.492 e. The number of ether oxygens (including phenoxy) is 1. The van der Waals surface area contributed by atoms with Crippen LogP contribution in [0.2, 0.25) is 0 Å². The molecule has 0 unspecified atom stereocenters. The number of fused-ring (bicyclic) bond motifs is 1. The van der Waals surface area contributed by atoms with Gasteiger partial charge in [-0.25, -0.2) is 4.68 Å². The van der Waals surface area contributed by atoms with Gasteiger partial charge in [-0.2, -0.15) is 0 Å². The van der Waals surface area contributed by atoms with Crippen molar-refractivity contribution in [2.75, 3.05) is 6.61 Å². The molecule has 0 radical (unpaired) electrons. The Hall–Kier alpha value is -3.21. The number of benzene rings is 2. The van der Waals surface area contributed by atoms with E-state index < -0.39 is 0 Å². The summed E-state index contributed by atoms with van der Waals surface area (Å²) in [7, 11) is 0. The van der Waals surface area contributed by atoms with Crippen LogP contribution in [-0.4, -0.2) is 26.6 Å². The number of pyridine rings is 1. The Bertz CT molecular complexity index is 995. The van der Waals surface area contributed by atoms with Crippen LogP contribution in [0.1, 0.15) is 5.56 Å². The zero-order valence-corrected chi connectivity index (χ0v) is 14.0. The Morgan fingerprint density at radius 3 is 2.76 bits per heavy atom. The minimum absolute atomic E-state index is 0.545. The number of aryl methyl sites for hydroxylation is 1. The highest BCUT2D eigenvalue weighted by Gasteiger charge is 2.10. The number of hydrogen-bond donors (Lipinski definition) is 0. The lowest BCUT2D eigenvalue weighted by Gasteiger charge is -2.06. The summed E-state index contributed by atoms with van der Waals surface area (Å²) in [5, 5.41) is 9.63. The van der Waals surface area contributed by atoms with E-state index in [1.165, 1.54) is 0 Å². The minimum Gasteiger partial charge on any atom is -0.492 e. The number of aromatic nitrogens is 4. The van der Waals surface area contributed by atoms with Gasteiger partial charge in [0.25, 0.3) is 0 Å². The molecule has 2 aromatic heterocycles. The number of hydrogen-bond acceptors (Lipinski definition) is 4. The molecular formula is C20H18N4O. The molecule has 0 aliphatic rings. The van der Waals surface area contributed by atoms with Gasteiger partial charge in [0.05, 0.1) is 18.3 Å². The first kappa shape index (κ1) is 15.3. The molecule has 0 bridgehead atoms.